The minimum atomic E-state index is 0.626. The number of nitrogens with one attached hydrogen (secondary N) is 1. The van der Waals surface area contributed by atoms with Gasteiger partial charge in [0, 0.05) is 13.1 Å². The Kier molecular flexibility index (Phi) is 11.0. The summed E-state index contributed by atoms with van der Waals surface area (Å²) < 4.78 is 0. The van der Waals surface area contributed by atoms with Crippen molar-refractivity contribution < 1.29 is 0 Å². The molecular formula is C19H35N3. The van der Waals surface area contributed by atoms with Crippen LogP contribution in [-0.2, 0) is 13.1 Å². The quantitative estimate of drug-likeness (QED) is 0.548. The average Bonchev–Trinajstić information content (AvgIpc) is 2.55. The summed E-state index contributed by atoms with van der Waals surface area (Å²) in [6, 6.07) is 8.57. The molecule has 3 nitrogen and oxygen atoms in total. The molecule has 0 radical (unpaired) electrons. The highest BCUT2D eigenvalue weighted by molar-refractivity contribution is 5.22. The van der Waals surface area contributed by atoms with Crippen LogP contribution >= 0.6 is 0 Å². The van der Waals surface area contributed by atoms with E-state index in [2.05, 4.69) is 48.3 Å². The van der Waals surface area contributed by atoms with Crippen molar-refractivity contribution in [2.24, 2.45) is 5.73 Å². The lowest BCUT2D eigenvalue weighted by atomic mass is 10.1. The topological polar surface area (TPSA) is 41.3 Å². The fourth-order valence-electron chi connectivity index (χ4n) is 2.76. The molecule has 3 N–H and O–H groups in total. The van der Waals surface area contributed by atoms with Crippen molar-refractivity contribution in [2.75, 3.05) is 26.2 Å². The van der Waals surface area contributed by atoms with Gasteiger partial charge in [0.15, 0.2) is 0 Å². The van der Waals surface area contributed by atoms with Crippen LogP contribution in [0.15, 0.2) is 24.3 Å². The second-order valence-electron chi connectivity index (χ2n) is 6.10. The molecule has 0 atom stereocenters. The van der Waals surface area contributed by atoms with E-state index in [1.807, 2.05) is 0 Å². The molecule has 0 aliphatic carbocycles. The van der Waals surface area contributed by atoms with Crippen LogP contribution in [0.3, 0.4) is 0 Å². The Hall–Kier alpha value is -0.900. The smallest absolute Gasteiger partial charge is 0.0205 e. The molecule has 1 aromatic rings. The highest BCUT2D eigenvalue weighted by Crippen LogP contribution is 2.04. The Morgan fingerprint density at radius 1 is 0.864 bits per heavy atom. The number of nitrogens with zero attached hydrogens (tertiary/aromatic N) is 1. The molecule has 0 aromatic heterocycles. The summed E-state index contributed by atoms with van der Waals surface area (Å²) in [5.74, 6) is 0. The van der Waals surface area contributed by atoms with Gasteiger partial charge in [0.1, 0.15) is 0 Å². The van der Waals surface area contributed by atoms with Crippen LogP contribution in [0.25, 0.3) is 0 Å². The minimum Gasteiger partial charge on any atom is -0.326 e. The second kappa shape index (κ2) is 12.6. The summed E-state index contributed by atoms with van der Waals surface area (Å²) in [4.78, 5) is 2.60. The Balaban J connectivity index is 2.02. The first-order valence-corrected chi connectivity index (χ1v) is 9.01. The van der Waals surface area contributed by atoms with Crippen molar-refractivity contribution >= 4 is 0 Å². The number of benzene rings is 1. The fraction of sp³-hybridized carbons (Fsp3) is 0.684. The van der Waals surface area contributed by atoms with E-state index < -0.39 is 0 Å². The van der Waals surface area contributed by atoms with Gasteiger partial charge in [-0.2, -0.15) is 0 Å². The predicted octanol–water partition coefficient (Wildman–Crippen LogP) is 3.53. The normalized spacial score (nSPS) is 11.3. The molecule has 0 amide bonds. The molecule has 0 saturated carbocycles. The van der Waals surface area contributed by atoms with Crippen LogP contribution in [0, 0.1) is 0 Å². The monoisotopic (exact) mass is 305 g/mol. The van der Waals surface area contributed by atoms with E-state index in [1.165, 1.54) is 62.9 Å². The Labute approximate surface area is 137 Å². The molecule has 0 unspecified atom stereocenters. The fourth-order valence-corrected chi connectivity index (χ4v) is 2.76. The average molecular weight is 306 g/mol. The molecule has 0 heterocycles. The summed E-state index contributed by atoms with van der Waals surface area (Å²) in [5, 5.41) is 3.53. The maximum atomic E-state index is 5.61. The van der Waals surface area contributed by atoms with Gasteiger partial charge in [0.2, 0.25) is 0 Å². The van der Waals surface area contributed by atoms with Crippen LogP contribution in [0.4, 0.5) is 0 Å². The van der Waals surface area contributed by atoms with Gasteiger partial charge in [-0.1, -0.05) is 44.5 Å². The highest BCUT2D eigenvalue weighted by Gasteiger charge is 2.01. The molecular weight excluding hydrogens is 270 g/mol. The number of hydrogen-bond donors (Lipinski definition) is 2. The van der Waals surface area contributed by atoms with Crippen molar-refractivity contribution in [1.82, 2.24) is 10.2 Å². The van der Waals surface area contributed by atoms with Gasteiger partial charge in [-0.15, -0.1) is 0 Å². The van der Waals surface area contributed by atoms with Crippen molar-refractivity contribution in [3.8, 4) is 0 Å². The molecule has 0 aliphatic rings. The van der Waals surface area contributed by atoms with Gasteiger partial charge in [-0.25, -0.2) is 0 Å². The molecule has 126 valence electrons. The first-order chi connectivity index (χ1) is 10.8. The zero-order chi connectivity index (χ0) is 16.0. The largest absolute Gasteiger partial charge is 0.326 e. The molecule has 1 aromatic carbocycles. The van der Waals surface area contributed by atoms with E-state index in [-0.39, 0.29) is 0 Å². The van der Waals surface area contributed by atoms with Gasteiger partial charge in [-0.3, -0.25) is 0 Å². The van der Waals surface area contributed by atoms with E-state index in [0.29, 0.717) is 6.54 Å². The second-order valence-corrected chi connectivity index (χ2v) is 6.10. The first-order valence-electron chi connectivity index (χ1n) is 9.01. The Morgan fingerprint density at radius 2 is 1.50 bits per heavy atom. The van der Waals surface area contributed by atoms with Crippen molar-refractivity contribution in [1.29, 1.82) is 0 Å². The van der Waals surface area contributed by atoms with Crippen molar-refractivity contribution in [2.45, 2.75) is 59.0 Å². The highest BCUT2D eigenvalue weighted by atomic mass is 15.1. The lowest BCUT2D eigenvalue weighted by Gasteiger charge is -2.20. The number of rotatable bonds is 13. The maximum Gasteiger partial charge on any atom is 0.0205 e. The van der Waals surface area contributed by atoms with Gasteiger partial charge in [-0.05, 0) is 63.0 Å². The maximum absolute atomic E-state index is 5.61. The third-order valence-corrected chi connectivity index (χ3v) is 4.00. The van der Waals surface area contributed by atoms with E-state index >= 15 is 0 Å². The molecule has 0 fully saturated rings. The number of nitrogens with two attached hydrogens (primary N) is 1. The minimum absolute atomic E-state index is 0.626. The number of hydrogen-bond acceptors (Lipinski definition) is 3. The van der Waals surface area contributed by atoms with E-state index in [9.17, 15) is 0 Å². The molecule has 0 aliphatic heterocycles. The van der Waals surface area contributed by atoms with Crippen LogP contribution in [0.2, 0.25) is 0 Å². The van der Waals surface area contributed by atoms with Crippen LogP contribution in [-0.4, -0.2) is 31.1 Å². The van der Waals surface area contributed by atoms with Gasteiger partial charge in [0.05, 0.1) is 0 Å². The zero-order valence-electron chi connectivity index (χ0n) is 14.6. The van der Waals surface area contributed by atoms with E-state index in [1.54, 1.807) is 0 Å². The Morgan fingerprint density at radius 3 is 2.09 bits per heavy atom. The molecule has 3 heteroatoms. The zero-order valence-corrected chi connectivity index (χ0v) is 14.6. The molecule has 0 spiro atoms. The SMILES string of the molecule is CCCN(CCC)CCCCCNCc1ccc(CN)cc1. The summed E-state index contributed by atoms with van der Waals surface area (Å²) in [7, 11) is 0. The Bertz CT molecular complexity index is 355. The summed E-state index contributed by atoms with van der Waals surface area (Å²) in [6.07, 6.45) is 6.46. The van der Waals surface area contributed by atoms with Crippen LogP contribution < -0.4 is 11.1 Å². The van der Waals surface area contributed by atoms with E-state index in [4.69, 9.17) is 5.73 Å². The van der Waals surface area contributed by atoms with Gasteiger partial charge in [0.25, 0.3) is 0 Å². The van der Waals surface area contributed by atoms with Gasteiger partial charge >= 0.3 is 0 Å². The van der Waals surface area contributed by atoms with E-state index in [0.717, 1.165) is 13.1 Å². The molecule has 0 bridgehead atoms. The summed E-state index contributed by atoms with van der Waals surface area (Å²) in [6.45, 7) is 11.0. The predicted molar refractivity (Wildman–Crippen MR) is 96.9 cm³/mol. The first kappa shape index (κ1) is 19.1. The summed E-state index contributed by atoms with van der Waals surface area (Å²) >= 11 is 0. The van der Waals surface area contributed by atoms with Crippen molar-refractivity contribution in [3.05, 3.63) is 35.4 Å². The number of unbranched alkanes of at least 4 members (excludes halogenated alkanes) is 2. The van der Waals surface area contributed by atoms with Crippen LogP contribution in [0.5, 0.6) is 0 Å². The molecule has 22 heavy (non-hydrogen) atoms. The third-order valence-electron chi connectivity index (χ3n) is 4.00. The molecule has 0 saturated heterocycles. The molecule has 1 rings (SSSR count). The standard InChI is InChI=1S/C19H35N3/c1-3-13-22(14-4-2)15-7-5-6-12-21-17-19-10-8-18(16-20)9-11-19/h8-11,21H,3-7,12-17,20H2,1-2H3. The third kappa shape index (κ3) is 8.52. The van der Waals surface area contributed by atoms with Gasteiger partial charge < -0.3 is 16.0 Å². The summed E-state index contributed by atoms with van der Waals surface area (Å²) in [5.41, 5.74) is 8.15. The van der Waals surface area contributed by atoms with Crippen molar-refractivity contribution in [3.63, 3.8) is 0 Å². The lowest BCUT2D eigenvalue weighted by Crippen LogP contribution is -2.26. The lowest BCUT2D eigenvalue weighted by molar-refractivity contribution is 0.268. The van der Waals surface area contributed by atoms with Crippen LogP contribution in [0.1, 0.15) is 57.1 Å².